The average molecular weight is 489 g/mol. The Morgan fingerprint density at radius 2 is 2.03 bits per heavy atom. The Morgan fingerprint density at radius 1 is 1.17 bits per heavy atom. The zero-order valence-electron chi connectivity index (χ0n) is 21.0. The van der Waals surface area contributed by atoms with E-state index in [4.69, 9.17) is 4.74 Å². The van der Waals surface area contributed by atoms with Crippen molar-refractivity contribution in [3.63, 3.8) is 0 Å². The van der Waals surface area contributed by atoms with E-state index in [2.05, 4.69) is 30.5 Å². The van der Waals surface area contributed by atoms with Crippen LogP contribution in [0, 0.1) is 19.8 Å². The Hall–Kier alpha value is -3.79. The summed E-state index contributed by atoms with van der Waals surface area (Å²) < 4.78 is 7.31. The summed E-state index contributed by atoms with van der Waals surface area (Å²) in [5, 5.41) is 10.4. The van der Waals surface area contributed by atoms with E-state index >= 15 is 0 Å². The van der Waals surface area contributed by atoms with Crippen LogP contribution in [0.2, 0.25) is 0 Å². The summed E-state index contributed by atoms with van der Waals surface area (Å²) >= 11 is 0. The molecule has 3 aromatic heterocycles. The molecule has 1 aliphatic rings. The molecule has 10 nitrogen and oxygen atoms in total. The van der Waals surface area contributed by atoms with Gasteiger partial charge in [0.15, 0.2) is 5.82 Å². The van der Waals surface area contributed by atoms with Gasteiger partial charge < -0.3 is 19.5 Å². The smallest absolute Gasteiger partial charge is 0.242 e. The Balaban J connectivity index is 1.26. The molecule has 4 aromatic rings. The first kappa shape index (κ1) is 23.9. The second-order valence-electron chi connectivity index (χ2n) is 9.44. The monoisotopic (exact) mass is 488 g/mol. The van der Waals surface area contributed by atoms with Crippen LogP contribution in [0.1, 0.15) is 35.9 Å². The van der Waals surface area contributed by atoms with Gasteiger partial charge >= 0.3 is 0 Å². The number of benzene rings is 1. The lowest BCUT2D eigenvalue weighted by Crippen LogP contribution is -2.42. The van der Waals surface area contributed by atoms with Crippen molar-refractivity contribution in [2.45, 2.75) is 46.3 Å². The summed E-state index contributed by atoms with van der Waals surface area (Å²) in [7, 11) is 1.65. The second kappa shape index (κ2) is 10.4. The van der Waals surface area contributed by atoms with Gasteiger partial charge in [-0.1, -0.05) is 12.1 Å². The third-order valence-electron chi connectivity index (χ3n) is 6.52. The molecule has 4 heterocycles. The van der Waals surface area contributed by atoms with Gasteiger partial charge in [0.1, 0.15) is 30.6 Å². The summed E-state index contributed by atoms with van der Waals surface area (Å²) in [6.45, 7) is 5.97. The van der Waals surface area contributed by atoms with E-state index in [1.54, 1.807) is 7.11 Å². The van der Waals surface area contributed by atoms with Crippen molar-refractivity contribution < 1.29 is 9.53 Å². The van der Waals surface area contributed by atoms with Crippen molar-refractivity contribution >= 4 is 28.6 Å². The van der Waals surface area contributed by atoms with Crippen LogP contribution in [0.4, 0.5) is 11.6 Å². The van der Waals surface area contributed by atoms with Crippen molar-refractivity contribution in [2.75, 3.05) is 25.5 Å². The number of fused-ring (bicyclic) bond motifs is 1. The number of anilines is 2. The number of amides is 1. The maximum absolute atomic E-state index is 13.4. The molecule has 2 N–H and O–H groups in total. The zero-order valence-corrected chi connectivity index (χ0v) is 21.0. The molecule has 1 aliphatic heterocycles. The van der Waals surface area contributed by atoms with E-state index in [0.717, 1.165) is 72.2 Å². The Morgan fingerprint density at radius 3 is 2.83 bits per heavy atom. The van der Waals surface area contributed by atoms with E-state index in [1.807, 2.05) is 59.7 Å². The predicted molar refractivity (Wildman–Crippen MR) is 137 cm³/mol. The fraction of sp³-hybridized carbons (Fsp3) is 0.423. The van der Waals surface area contributed by atoms with Crippen LogP contribution in [-0.4, -0.2) is 60.7 Å². The molecule has 1 atom stereocenters. The molecule has 1 amide bonds. The standard InChI is InChI=1S/C26H32N8O2/c1-17-11-24(32-31-17)30-23-13-20(27-18(2)28-23)12-19-7-6-10-33(14-19)26(35)15-34-22-9-5-4-8-21(22)29-25(34)16-36-3/h4-5,8-9,11,13,19H,6-7,10,12,14-16H2,1-3H3,(H2,27,28,30,31,32). The van der Waals surface area contributed by atoms with Gasteiger partial charge in [0.05, 0.1) is 11.0 Å². The van der Waals surface area contributed by atoms with E-state index in [0.29, 0.717) is 18.3 Å². The van der Waals surface area contributed by atoms with E-state index in [1.165, 1.54) is 0 Å². The summed E-state index contributed by atoms with van der Waals surface area (Å²) in [5.74, 6) is 3.38. The predicted octanol–water partition coefficient (Wildman–Crippen LogP) is 3.54. The van der Waals surface area contributed by atoms with Crippen LogP contribution in [0.5, 0.6) is 0 Å². The SMILES string of the molecule is COCc1nc2ccccc2n1CC(=O)N1CCCC(Cc2cc(Nc3cc(C)[nH]n3)nc(C)n2)C1. The molecular weight excluding hydrogens is 456 g/mol. The number of rotatable bonds is 8. The highest BCUT2D eigenvalue weighted by Crippen LogP contribution is 2.23. The zero-order chi connectivity index (χ0) is 25.1. The van der Waals surface area contributed by atoms with Crippen LogP contribution >= 0.6 is 0 Å². The number of imidazole rings is 1. The minimum atomic E-state index is 0.107. The number of carbonyl (C=O) groups is 1. The molecule has 0 bridgehead atoms. The number of hydrogen-bond donors (Lipinski definition) is 2. The molecule has 0 spiro atoms. The van der Waals surface area contributed by atoms with Gasteiger partial charge in [0.2, 0.25) is 5.91 Å². The minimum Gasteiger partial charge on any atom is -0.377 e. The first-order valence-electron chi connectivity index (χ1n) is 12.3. The van der Waals surface area contributed by atoms with Gasteiger partial charge in [-0.15, -0.1) is 0 Å². The summed E-state index contributed by atoms with van der Waals surface area (Å²) in [6.07, 6.45) is 2.84. The van der Waals surface area contributed by atoms with Gasteiger partial charge in [-0.2, -0.15) is 5.10 Å². The van der Waals surface area contributed by atoms with Gasteiger partial charge in [-0.25, -0.2) is 15.0 Å². The Bertz CT molecular complexity index is 1360. The highest BCUT2D eigenvalue weighted by atomic mass is 16.5. The number of para-hydroxylation sites is 2. The number of ether oxygens (including phenoxy) is 1. The van der Waals surface area contributed by atoms with Crippen molar-refractivity contribution in [1.29, 1.82) is 0 Å². The lowest BCUT2D eigenvalue weighted by molar-refractivity contribution is -0.133. The number of nitrogens with one attached hydrogen (secondary N) is 2. The molecule has 36 heavy (non-hydrogen) atoms. The van der Waals surface area contributed by atoms with Crippen LogP contribution in [0.3, 0.4) is 0 Å². The quantitative estimate of drug-likeness (QED) is 0.390. The number of hydrogen-bond acceptors (Lipinski definition) is 7. The molecule has 188 valence electrons. The first-order chi connectivity index (χ1) is 17.5. The molecular formula is C26H32N8O2. The fourth-order valence-electron chi connectivity index (χ4n) is 4.94. The molecule has 1 saturated heterocycles. The number of likely N-dealkylation sites (tertiary alicyclic amines) is 1. The van der Waals surface area contributed by atoms with Gasteiger partial charge in [-0.05, 0) is 51.2 Å². The summed E-state index contributed by atoms with van der Waals surface area (Å²) in [6, 6.07) is 11.8. The van der Waals surface area contributed by atoms with Crippen LogP contribution in [-0.2, 0) is 29.1 Å². The summed E-state index contributed by atoms with van der Waals surface area (Å²) in [5.41, 5.74) is 3.78. The van der Waals surface area contributed by atoms with Crippen molar-refractivity contribution in [1.82, 2.24) is 34.6 Å². The molecule has 1 unspecified atom stereocenters. The highest BCUT2D eigenvalue weighted by molar-refractivity contribution is 5.81. The number of piperidine rings is 1. The van der Waals surface area contributed by atoms with E-state index < -0.39 is 0 Å². The lowest BCUT2D eigenvalue weighted by atomic mass is 9.93. The third kappa shape index (κ3) is 5.38. The number of carbonyl (C=O) groups excluding carboxylic acids is 1. The number of H-pyrrole nitrogens is 1. The molecule has 10 heteroatoms. The number of aromatic amines is 1. The van der Waals surface area contributed by atoms with E-state index in [9.17, 15) is 4.79 Å². The maximum atomic E-state index is 13.4. The number of methoxy groups -OCH3 is 1. The van der Waals surface area contributed by atoms with Gasteiger partial charge in [0, 0.05) is 43.7 Å². The molecule has 1 aromatic carbocycles. The molecule has 1 fully saturated rings. The van der Waals surface area contributed by atoms with Crippen LogP contribution < -0.4 is 5.32 Å². The third-order valence-corrected chi connectivity index (χ3v) is 6.52. The minimum absolute atomic E-state index is 0.107. The second-order valence-corrected chi connectivity index (χ2v) is 9.44. The average Bonchev–Trinajstić information content (AvgIpc) is 3.42. The van der Waals surface area contributed by atoms with Crippen molar-refractivity contribution in [3.8, 4) is 0 Å². The number of aryl methyl sites for hydroxylation is 2. The van der Waals surface area contributed by atoms with Gasteiger partial charge in [-0.3, -0.25) is 9.89 Å². The number of nitrogens with zero attached hydrogens (tertiary/aromatic N) is 6. The molecule has 0 saturated carbocycles. The first-order valence-corrected chi connectivity index (χ1v) is 12.3. The molecule has 5 rings (SSSR count). The van der Waals surface area contributed by atoms with E-state index in [-0.39, 0.29) is 12.5 Å². The lowest BCUT2D eigenvalue weighted by Gasteiger charge is -2.33. The Labute approximate surface area is 210 Å². The Kier molecular flexibility index (Phi) is 6.95. The van der Waals surface area contributed by atoms with Crippen molar-refractivity contribution in [2.24, 2.45) is 5.92 Å². The van der Waals surface area contributed by atoms with Crippen molar-refractivity contribution in [3.05, 3.63) is 59.4 Å². The van der Waals surface area contributed by atoms with Crippen LogP contribution in [0.15, 0.2) is 36.4 Å². The number of aromatic nitrogens is 6. The maximum Gasteiger partial charge on any atom is 0.242 e. The molecule has 0 aliphatic carbocycles. The highest BCUT2D eigenvalue weighted by Gasteiger charge is 2.26. The molecule has 0 radical (unpaired) electrons. The normalized spacial score (nSPS) is 16.0. The van der Waals surface area contributed by atoms with Gasteiger partial charge in [0.25, 0.3) is 0 Å². The fourth-order valence-corrected chi connectivity index (χ4v) is 4.94. The largest absolute Gasteiger partial charge is 0.377 e. The van der Waals surface area contributed by atoms with Crippen LogP contribution in [0.25, 0.3) is 11.0 Å². The topological polar surface area (TPSA) is 114 Å². The summed E-state index contributed by atoms with van der Waals surface area (Å²) in [4.78, 5) is 29.2.